The minimum Gasteiger partial charge on any atom is -0.370 e. The average molecular weight is 321 g/mol. The highest BCUT2D eigenvalue weighted by Crippen LogP contribution is 2.34. The van der Waals surface area contributed by atoms with Gasteiger partial charge in [-0.25, -0.2) is 0 Å². The van der Waals surface area contributed by atoms with Gasteiger partial charge < -0.3 is 15.1 Å². The van der Waals surface area contributed by atoms with Crippen LogP contribution in [0.3, 0.4) is 0 Å². The fourth-order valence-corrected chi connectivity index (χ4v) is 3.64. The Labute approximate surface area is 143 Å². The predicted molar refractivity (Wildman–Crippen MR) is 98.0 cm³/mol. The smallest absolute Gasteiger partial charge is 0.254 e. The lowest BCUT2D eigenvalue weighted by atomic mass is 9.84. The van der Waals surface area contributed by atoms with Crippen molar-refractivity contribution in [1.82, 2.24) is 4.90 Å². The van der Waals surface area contributed by atoms with Gasteiger partial charge in [0.05, 0.1) is 0 Å². The number of carbonyl (C=O) groups is 1. The Bertz CT molecular complexity index is 787. The molecule has 4 nitrogen and oxygen atoms in total. The molecule has 1 fully saturated rings. The van der Waals surface area contributed by atoms with Gasteiger partial charge in [0, 0.05) is 49.3 Å². The fraction of sp³-hybridized carbons (Fsp3) is 0.350. The number of anilines is 3. The number of carbonyl (C=O) groups excluding carboxylic acids is 1. The van der Waals surface area contributed by atoms with E-state index < -0.39 is 0 Å². The third kappa shape index (κ3) is 2.62. The lowest BCUT2D eigenvalue weighted by molar-refractivity contribution is 0.0816. The van der Waals surface area contributed by atoms with Crippen LogP contribution < -0.4 is 10.2 Å². The summed E-state index contributed by atoms with van der Waals surface area (Å²) in [6.07, 6.45) is 0. The SMILES string of the molecule is CN1Cc2cc(Nc3ccc(N4CC(C)(C)C4)cc3)ccc2C1=O. The molecule has 24 heavy (non-hydrogen) atoms. The van der Waals surface area contributed by atoms with Crippen LogP contribution >= 0.6 is 0 Å². The van der Waals surface area contributed by atoms with Crippen molar-refractivity contribution >= 4 is 23.0 Å². The fourth-order valence-electron chi connectivity index (χ4n) is 3.64. The molecule has 124 valence electrons. The lowest BCUT2D eigenvalue weighted by Gasteiger charge is -2.47. The number of benzene rings is 2. The van der Waals surface area contributed by atoms with Gasteiger partial charge in [-0.1, -0.05) is 13.8 Å². The molecule has 1 amide bonds. The van der Waals surface area contributed by atoms with Crippen molar-refractivity contribution in [2.24, 2.45) is 5.41 Å². The van der Waals surface area contributed by atoms with Gasteiger partial charge in [0.15, 0.2) is 0 Å². The summed E-state index contributed by atoms with van der Waals surface area (Å²) < 4.78 is 0. The molecule has 0 bridgehead atoms. The molecule has 2 aliphatic heterocycles. The van der Waals surface area contributed by atoms with Crippen molar-refractivity contribution in [2.45, 2.75) is 20.4 Å². The van der Waals surface area contributed by atoms with Gasteiger partial charge in [-0.15, -0.1) is 0 Å². The maximum Gasteiger partial charge on any atom is 0.254 e. The Morgan fingerprint density at radius 3 is 2.33 bits per heavy atom. The van der Waals surface area contributed by atoms with Crippen LogP contribution in [0.2, 0.25) is 0 Å². The Hall–Kier alpha value is -2.49. The average Bonchev–Trinajstić information content (AvgIpc) is 2.80. The van der Waals surface area contributed by atoms with Gasteiger partial charge in [0.25, 0.3) is 5.91 Å². The van der Waals surface area contributed by atoms with Gasteiger partial charge >= 0.3 is 0 Å². The summed E-state index contributed by atoms with van der Waals surface area (Å²) in [6, 6.07) is 14.5. The molecular weight excluding hydrogens is 298 g/mol. The zero-order valence-electron chi connectivity index (χ0n) is 14.5. The van der Waals surface area contributed by atoms with Gasteiger partial charge in [0.2, 0.25) is 0 Å². The predicted octanol–water partition coefficient (Wildman–Crippen LogP) is 3.86. The monoisotopic (exact) mass is 321 g/mol. The molecular formula is C20H23N3O. The van der Waals surface area contributed by atoms with Crippen LogP contribution in [0.5, 0.6) is 0 Å². The summed E-state index contributed by atoms with van der Waals surface area (Å²) in [5.41, 5.74) is 5.71. The van der Waals surface area contributed by atoms with Crippen molar-refractivity contribution in [3.63, 3.8) is 0 Å². The second-order valence-corrected chi connectivity index (χ2v) is 7.73. The molecule has 0 aliphatic carbocycles. The molecule has 0 spiro atoms. The molecule has 2 heterocycles. The highest BCUT2D eigenvalue weighted by atomic mass is 16.2. The minimum absolute atomic E-state index is 0.110. The van der Waals surface area contributed by atoms with Crippen molar-refractivity contribution in [3.8, 4) is 0 Å². The van der Waals surface area contributed by atoms with E-state index in [2.05, 4.69) is 54.4 Å². The first-order valence-corrected chi connectivity index (χ1v) is 8.42. The molecule has 0 atom stereocenters. The number of hydrogen-bond acceptors (Lipinski definition) is 3. The van der Waals surface area contributed by atoms with E-state index >= 15 is 0 Å². The zero-order valence-corrected chi connectivity index (χ0v) is 14.5. The molecule has 1 N–H and O–H groups in total. The van der Waals surface area contributed by atoms with Crippen molar-refractivity contribution in [3.05, 3.63) is 53.6 Å². The minimum atomic E-state index is 0.110. The molecule has 0 saturated carbocycles. The van der Waals surface area contributed by atoms with Crippen LogP contribution in [0.4, 0.5) is 17.1 Å². The van der Waals surface area contributed by atoms with Crippen LogP contribution in [0.15, 0.2) is 42.5 Å². The summed E-state index contributed by atoms with van der Waals surface area (Å²) in [4.78, 5) is 16.1. The highest BCUT2D eigenvalue weighted by Gasteiger charge is 2.34. The van der Waals surface area contributed by atoms with E-state index in [1.165, 1.54) is 5.69 Å². The van der Waals surface area contributed by atoms with Gasteiger partial charge in [-0.3, -0.25) is 4.79 Å². The topological polar surface area (TPSA) is 35.6 Å². The van der Waals surface area contributed by atoms with Crippen molar-refractivity contribution < 1.29 is 4.79 Å². The normalized spacial score (nSPS) is 18.4. The molecule has 2 aromatic rings. The molecule has 4 rings (SSSR count). The molecule has 2 aliphatic rings. The number of hydrogen-bond donors (Lipinski definition) is 1. The Morgan fingerprint density at radius 1 is 1.00 bits per heavy atom. The van der Waals surface area contributed by atoms with E-state index in [4.69, 9.17) is 0 Å². The van der Waals surface area contributed by atoms with E-state index in [-0.39, 0.29) is 5.91 Å². The molecule has 1 saturated heterocycles. The largest absolute Gasteiger partial charge is 0.370 e. The first-order valence-electron chi connectivity index (χ1n) is 8.42. The summed E-state index contributed by atoms with van der Waals surface area (Å²) in [7, 11) is 1.84. The summed E-state index contributed by atoms with van der Waals surface area (Å²) in [5.74, 6) is 0.110. The van der Waals surface area contributed by atoms with E-state index in [1.807, 2.05) is 19.2 Å². The van der Waals surface area contributed by atoms with E-state index in [9.17, 15) is 4.79 Å². The van der Waals surface area contributed by atoms with Crippen LogP contribution in [0.1, 0.15) is 29.8 Å². The van der Waals surface area contributed by atoms with Crippen LogP contribution in [-0.4, -0.2) is 30.9 Å². The molecule has 4 heteroatoms. The molecule has 0 aromatic heterocycles. The van der Waals surface area contributed by atoms with E-state index in [0.29, 0.717) is 12.0 Å². The second-order valence-electron chi connectivity index (χ2n) is 7.73. The molecule has 2 aromatic carbocycles. The summed E-state index contributed by atoms with van der Waals surface area (Å²) in [6.45, 7) is 7.52. The van der Waals surface area contributed by atoms with Crippen LogP contribution in [0.25, 0.3) is 0 Å². The Morgan fingerprint density at radius 2 is 1.67 bits per heavy atom. The van der Waals surface area contributed by atoms with Gasteiger partial charge in [-0.05, 0) is 53.4 Å². The van der Waals surface area contributed by atoms with E-state index in [0.717, 1.165) is 35.6 Å². The number of rotatable bonds is 3. The third-order valence-electron chi connectivity index (χ3n) is 4.85. The Balaban J connectivity index is 1.47. The number of fused-ring (bicyclic) bond motifs is 1. The van der Waals surface area contributed by atoms with Gasteiger partial charge in [-0.2, -0.15) is 0 Å². The van der Waals surface area contributed by atoms with Crippen LogP contribution in [-0.2, 0) is 6.54 Å². The summed E-state index contributed by atoms with van der Waals surface area (Å²) in [5, 5.41) is 3.43. The van der Waals surface area contributed by atoms with E-state index in [1.54, 1.807) is 4.90 Å². The quantitative estimate of drug-likeness (QED) is 0.932. The Kier molecular flexibility index (Phi) is 3.30. The lowest BCUT2D eigenvalue weighted by Crippen LogP contribution is -2.53. The van der Waals surface area contributed by atoms with Crippen molar-refractivity contribution in [2.75, 3.05) is 30.4 Å². The summed E-state index contributed by atoms with van der Waals surface area (Å²) >= 11 is 0. The van der Waals surface area contributed by atoms with Gasteiger partial charge in [0.1, 0.15) is 0 Å². The number of nitrogens with zero attached hydrogens (tertiary/aromatic N) is 2. The van der Waals surface area contributed by atoms with Crippen molar-refractivity contribution in [1.29, 1.82) is 0 Å². The number of nitrogens with one attached hydrogen (secondary N) is 1. The molecule has 0 radical (unpaired) electrons. The third-order valence-corrected chi connectivity index (χ3v) is 4.85. The number of amides is 1. The molecule has 0 unspecified atom stereocenters. The second kappa shape index (κ2) is 5.26. The van der Waals surface area contributed by atoms with Crippen LogP contribution in [0, 0.1) is 5.41 Å². The standard InChI is InChI=1S/C20H23N3O/c1-20(2)12-23(13-20)17-7-4-15(5-8-17)21-16-6-9-18-14(10-16)11-22(3)19(18)24/h4-10,21H,11-13H2,1-3H3. The first-order chi connectivity index (χ1) is 11.4. The zero-order chi connectivity index (χ0) is 16.9. The maximum atomic E-state index is 11.9. The first kappa shape index (κ1) is 15.1. The highest BCUT2D eigenvalue weighted by molar-refractivity contribution is 5.98. The maximum absolute atomic E-state index is 11.9.